The van der Waals surface area contributed by atoms with E-state index >= 15 is 0 Å². The lowest BCUT2D eigenvalue weighted by atomic mass is 10.1. The number of methoxy groups -OCH3 is 1. The van der Waals surface area contributed by atoms with Crippen molar-refractivity contribution in [1.82, 2.24) is 0 Å². The van der Waals surface area contributed by atoms with E-state index in [0.717, 1.165) is 11.1 Å². The van der Waals surface area contributed by atoms with Crippen LogP contribution in [-0.4, -0.2) is 24.1 Å². The van der Waals surface area contributed by atoms with E-state index in [1.807, 2.05) is 24.3 Å². The molecule has 3 rings (SSSR count). The number of nitrogens with two attached hydrogens (primary N) is 1. The number of ether oxygens (including phenoxy) is 1. The van der Waals surface area contributed by atoms with Crippen LogP contribution in [0.1, 0.15) is 10.4 Å². The average Bonchev–Trinajstić information content (AvgIpc) is 3.10. The number of rotatable bonds is 3. The van der Waals surface area contributed by atoms with Crippen molar-refractivity contribution in [3.63, 3.8) is 0 Å². The SMILES string of the molecule is COc1cccc(C(N)=O)c1.O=C(O)C1=CC=C2C=CC=C21. The minimum Gasteiger partial charge on any atom is -0.497 e. The summed E-state index contributed by atoms with van der Waals surface area (Å²) in [5.41, 5.74) is 7.73. The summed E-state index contributed by atoms with van der Waals surface area (Å²) < 4.78 is 4.90. The number of amides is 1. The van der Waals surface area contributed by atoms with Gasteiger partial charge in [0.05, 0.1) is 12.7 Å². The number of benzene rings is 1. The van der Waals surface area contributed by atoms with Crippen LogP contribution in [0.15, 0.2) is 71.4 Å². The number of carboxylic acids is 1. The zero-order chi connectivity index (χ0) is 16.1. The minimum absolute atomic E-state index is 0.394. The van der Waals surface area contributed by atoms with Crippen molar-refractivity contribution in [1.29, 1.82) is 0 Å². The number of fused-ring (bicyclic) bond motifs is 1. The molecule has 3 N–H and O–H groups in total. The molecule has 1 aromatic rings. The van der Waals surface area contributed by atoms with Gasteiger partial charge < -0.3 is 15.6 Å². The molecule has 1 amide bonds. The molecule has 1 aromatic carbocycles. The lowest BCUT2D eigenvalue weighted by molar-refractivity contribution is -0.132. The van der Waals surface area contributed by atoms with Gasteiger partial charge in [-0.25, -0.2) is 4.79 Å². The molecule has 2 aliphatic carbocycles. The third kappa shape index (κ3) is 3.32. The third-order valence-corrected chi connectivity index (χ3v) is 3.15. The molecule has 0 fully saturated rings. The predicted molar refractivity (Wildman–Crippen MR) is 82.5 cm³/mol. The van der Waals surface area contributed by atoms with Crippen molar-refractivity contribution in [2.75, 3.05) is 7.11 Å². The second kappa shape index (κ2) is 6.58. The Bertz CT molecular complexity index is 739. The van der Waals surface area contributed by atoms with Gasteiger partial charge in [0, 0.05) is 5.56 Å². The van der Waals surface area contributed by atoms with Gasteiger partial charge in [-0.1, -0.05) is 30.4 Å². The maximum absolute atomic E-state index is 10.6. The molecule has 0 aliphatic heterocycles. The van der Waals surface area contributed by atoms with Gasteiger partial charge >= 0.3 is 5.97 Å². The Morgan fingerprint density at radius 2 is 1.95 bits per heavy atom. The summed E-state index contributed by atoms with van der Waals surface area (Å²) >= 11 is 0. The first-order valence-corrected chi connectivity index (χ1v) is 6.51. The molecule has 0 saturated heterocycles. The smallest absolute Gasteiger partial charge is 0.336 e. The van der Waals surface area contributed by atoms with E-state index in [9.17, 15) is 9.59 Å². The molecule has 5 nitrogen and oxygen atoms in total. The summed E-state index contributed by atoms with van der Waals surface area (Å²) in [5.74, 6) is -0.656. The average molecular weight is 297 g/mol. The normalized spacial score (nSPS) is 14.1. The van der Waals surface area contributed by atoms with E-state index < -0.39 is 11.9 Å². The molecular weight excluding hydrogens is 282 g/mol. The highest BCUT2D eigenvalue weighted by Gasteiger charge is 2.20. The summed E-state index contributed by atoms with van der Waals surface area (Å²) in [6.07, 6.45) is 9.03. The van der Waals surface area contributed by atoms with Gasteiger partial charge in [-0.2, -0.15) is 0 Å². The molecule has 2 aliphatic rings. The molecule has 0 bridgehead atoms. The standard InChI is InChI=1S/C9H6O2.C8H9NO2/c10-9(11)8-5-4-6-2-1-3-7(6)8;1-11-7-4-2-3-6(5-7)8(9)10/h1-5H,(H,10,11);2-5H,1H3,(H2,9,10). The monoisotopic (exact) mass is 297 g/mol. The molecule has 22 heavy (non-hydrogen) atoms. The Kier molecular flexibility index (Phi) is 4.58. The van der Waals surface area contributed by atoms with Crippen LogP contribution in [0.4, 0.5) is 0 Å². The lowest BCUT2D eigenvalue weighted by Gasteiger charge is -1.99. The molecule has 0 unspecified atom stereocenters. The van der Waals surface area contributed by atoms with Gasteiger partial charge in [-0.05, 0) is 35.4 Å². The molecule has 112 valence electrons. The number of carbonyl (C=O) groups is 2. The Balaban J connectivity index is 0.000000160. The quantitative estimate of drug-likeness (QED) is 0.895. The van der Waals surface area contributed by atoms with Gasteiger partial charge in [-0.15, -0.1) is 0 Å². The van der Waals surface area contributed by atoms with Crippen LogP contribution in [0.2, 0.25) is 0 Å². The van der Waals surface area contributed by atoms with Crippen molar-refractivity contribution in [2.24, 2.45) is 5.73 Å². The Morgan fingerprint density at radius 3 is 2.59 bits per heavy atom. The van der Waals surface area contributed by atoms with Crippen LogP contribution in [0.3, 0.4) is 0 Å². The van der Waals surface area contributed by atoms with E-state index in [4.69, 9.17) is 15.6 Å². The fraction of sp³-hybridized carbons (Fsp3) is 0.0588. The highest BCUT2D eigenvalue weighted by atomic mass is 16.5. The van der Waals surface area contributed by atoms with Crippen molar-refractivity contribution < 1.29 is 19.4 Å². The van der Waals surface area contributed by atoms with E-state index in [0.29, 0.717) is 16.9 Å². The minimum atomic E-state index is -0.855. The van der Waals surface area contributed by atoms with Crippen molar-refractivity contribution in [3.8, 4) is 5.75 Å². The zero-order valence-electron chi connectivity index (χ0n) is 11.9. The van der Waals surface area contributed by atoms with Crippen LogP contribution in [-0.2, 0) is 4.79 Å². The second-order valence-electron chi connectivity index (χ2n) is 4.54. The summed E-state index contributed by atoms with van der Waals surface area (Å²) in [6.45, 7) is 0. The number of hydrogen-bond donors (Lipinski definition) is 2. The lowest BCUT2D eigenvalue weighted by Crippen LogP contribution is -2.10. The maximum atomic E-state index is 10.6. The maximum Gasteiger partial charge on any atom is 0.336 e. The van der Waals surface area contributed by atoms with Crippen LogP contribution in [0.25, 0.3) is 0 Å². The number of carbonyl (C=O) groups excluding carboxylic acids is 1. The Labute approximate surface area is 127 Å². The summed E-state index contributed by atoms with van der Waals surface area (Å²) in [7, 11) is 1.54. The van der Waals surface area contributed by atoms with Gasteiger partial charge in [0.2, 0.25) is 5.91 Å². The molecule has 0 saturated carbocycles. The van der Waals surface area contributed by atoms with Crippen LogP contribution in [0.5, 0.6) is 5.75 Å². The summed E-state index contributed by atoms with van der Waals surface area (Å²) in [5, 5.41) is 8.69. The van der Waals surface area contributed by atoms with Gasteiger partial charge in [0.1, 0.15) is 5.75 Å². The predicted octanol–water partition coefficient (Wildman–Crippen LogP) is 2.23. The van der Waals surface area contributed by atoms with Crippen LogP contribution in [0, 0.1) is 0 Å². The van der Waals surface area contributed by atoms with E-state index in [1.165, 1.54) is 0 Å². The molecule has 5 heteroatoms. The van der Waals surface area contributed by atoms with Crippen molar-refractivity contribution in [3.05, 3.63) is 76.9 Å². The van der Waals surface area contributed by atoms with Crippen molar-refractivity contribution in [2.45, 2.75) is 0 Å². The first kappa shape index (κ1) is 15.3. The fourth-order valence-corrected chi connectivity index (χ4v) is 2.05. The highest BCUT2D eigenvalue weighted by molar-refractivity contribution is 5.97. The first-order chi connectivity index (χ1) is 10.5. The second-order valence-corrected chi connectivity index (χ2v) is 4.54. The van der Waals surface area contributed by atoms with E-state index in [-0.39, 0.29) is 0 Å². The van der Waals surface area contributed by atoms with Crippen LogP contribution < -0.4 is 10.5 Å². The summed E-state index contributed by atoms with van der Waals surface area (Å²) in [4.78, 5) is 21.2. The Hall–Kier alpha value is -3.08. The largest absolute Gasteiger partial charge is 0.497 e. The molecule has 0 atom stereocenters. The van der Waals surface area contributed by atoms with Crippen LogP contribution >= 0.6 is 0 Å². The number of primary amides is 1. The van der Waals surface area contributed by atoms with Gasteiger partial charge in [-0.3, -0.25) is 4.79 Å². The molecular formula is C17H15NO4. The highest BCUT2D eigenvalue weighted by Crippen LogP contribution is 2.30. The zero-order valence-corrected chi connectivity index (χ0v) is 11.9. The number of allylic oxidation sites excluding steroid dienone is 6. The molecule has 0 spiro atoms. The van der Waals surface area contributed by atoms with Gasteiger partial charge in [0.15, 0.2) is 0 Å². The van der Waals surface area contributed by atoms with E-state index in [2.05, 4.69) is 0 Å². The van der Waals surface area contributed by atoms with E-state index in [1.54, 1.807) is 37.5 Å². The third-order valence-electron chi connectivity index (χ3n) is 3.15. The topological polar surface area (TPSA) is 89.6 Å². The molecule has 0 radical (unpaired) electrons. The first-order valence-electron chi connectivity index (χ1n) is 6.51. The Morgan fingerprint density at radius 1 is 1.18 bits per heavy atom. The van der Waals surface area contributed by atoms with Crippen molar-refractivity contribution >= 4 is 11.9 Å². The number of aliphatic carboxylic acids is 1. The number of hydrogen-bond acceptors (Lipinski definition) is 3. The fourth-order valence-electron chi connectivity index (χ4n) is 2.05. The molecule has 0 aromatic heterocycles. The number of carboxylic acid groups (broad SMARTS) is 1. The molecule has 0 heterocycles. The van der Waals surface area contributed by atoms with Gasteiger partial charge in [0.25, 0.3) is 0 Å². The summed E-state index contributed by atoms with van der Waals surface area (Å²) in [6, 6.07) is 6.72.